The van der Waals surface area contributed by atoms with E-state index in [0.717, 1.165) is 16.5 Å². The number of carbonyl (C=O) groups excluding carboxylic acids is 1. The number of para-hydroxylation sites is 1. The van der Waals surface area contributed by atoms with Crippen LogP contribution in [0.25, 0.3) is 0 Å². The van der Waals surface area contributed by atoms with Crippen molar-refractivity contribution in [2.24, 2.45) is 5.92 Å². The van der Waals surface area contributed by atoms with Crippen LogP contribution in [0, 0.1) is 5.92 Å². The highest BCUT2D eigenvalue weighted by Crippen LogP contribution is 2.50. The minimum absolute atomic E-state index is 0.0505. The monoisotopic (exact) mass is 359 g/mol. The fourth-order valence-electron chi connectivity index (χ4n) is 2.85. The van der Waals surface area contributed by atoms with Crippen LogP contribution in [-0.4, -0.2) is 23.0 Å². The molecule has 1 N–H and O–H groups in total. The number of hydrogen-bond donors (Lipinski definition) is 1. The van der Waals surface area contributed by atoms with Crippen molar-refractivity contribution >= 4 is 21.8 Å². The van der Waals surface area contributed by atoms with Gasteiger partial charge in [0.2, 0.25) is 5.91 Å². The van der Waals surface area contributed by atoms with E-state index in [1.54, 1.807) is 24.1 Å². The van der Waals surface area contributed by atoms with Gasteiger partial charge in [0.05, 0.1) is 0 Å². The molecule has 114 valence electrons. The molecule has 2 aromatic rings. The SMILES string of the molecule is CN(Cc1ccccc1O)C(=O)[C@H]1C[C@H]1c1ccccc1Br. The summed E-state index contributed by atoms with van der Waals surface area (Å²) in [6, 6.07) is 15.2. The Bertz CT molecular complexity index is 697. The minimum Gasteiger partial charge on any atom is -0.508 e. The summed E-state index contributed by atoms with van der Waals surface area (Å²) < 4.78 is 1.07. The van der Waals surface area contributed by atoms with Crippen molar-refractivity contribution in [2.75, 3.05) is 7.05 Å². The van der Waals surface area contributed by atoms with Crippen molar-refractivity contribution in [3.63, 3.8) is 0 Å². The Morgan fingerprint density at radius 1 is 1.23 bits per heavy atom. The maximum atomic E-state index is 12.5. The molecule has 0 bridgehead atoms. The number of phenols is 1. The van der Waals surface area contributed by atoms with Crippen molar-refractivity contribution in [2.45, 2.75) is 18.9 Å². The van der Waals surface area contributed by atoms with Gasteiger partial charge in [-0.25, -0.2) is 0 Å². The van der Waals surface area contributed by atoms with E-state index in [1.807, 2.05) is 30.3 Å². The van der Waals surface area contributed by atoms with Gasteiger partial charge in [0, 0.05) is 29.5 Å². The molecule has 22 heavy (non-hydrogen) atoms. The topological polar surface area (TPSA) is 40.5 Å². The molecule has 3 rings (SSSR count). The van der Waals surface area contributed by atoms with Gasteiger partial charge in [-0.15, -0.1) is 0 Å². The highest BCUT2D eigenvalue weighted by atomic mass is 79.9. The van der Waals surface area contributed by atoms with Gasteiger partial charge in [0.25, 0.3) is 0 Å². The molecule has 0 saturated heterocycles. The lowest BCUT2D eigenvalue weighted by Crippen LogP contribution is -2.28. The molecular weight excluding hydrogens is 342 g/mol. The minimum atomic E-state index is 0.0505. The van der Waals surface area contributed by atoms with Gasteiger partial charge >= 0.3 is 0 Å². The summed E-state index contributed by atoms with van der Waals surface area (Å²) in [5, 5.41) is 9.82. The zero-order valence-corrected chi connectivity index (χ0v) is 14.0. The average Bonchev–Trinajstić information content (AvgIpc) is 3.29. The first-order valence-electron chi connectivity index (χ1n) is 7.34. The van der Waals surface area contributed by atoms with Crippen molar-refractivity contribution in [3.8, 4) is 5.75 Å². The third-order valence-electron chi connectivity index (χ3n) is 4.19. The summed E-state index contributed by atoms with van der Waals surface area (Å²) in [4.78, 5) is 14.2. The highest BCUT2D eigenvalue weighted by Gasteiger charge is 2.45. The predicted molar refractivity (Wildman–Crippen MR) is 89.6 cm³/mol. The number of aromatic hydroxyl groups is 1. The molecule has 0 unspecified atom stereocenters. The van der Waals surface area contributed by atoms with E-state index in [2.05, 4.69) is 22.0 Å². The van der Waals surface area contributed by atoms with Crippen LogP contribution in [-0.2, 0) is 11.3 Å². The first-order chi connectivity index (χ1) is 10.6. The van der Waals surface area contributed by atoms with Gasteiger partial charge in [0.1, 0.15) is 5.75 Å². The summed E-state index contributed by atoms with van der Waals surface area (Å²) >= 11 is 3.56. The molecule has 1 aliphatic rings. The van der Waals surface area contributed by atoms with E-state index >= 15 is 0 Å². The number of nitrogens with zero attached hydrogens (tertiary/aromatic N) is 1. The van der Waals surface area contributed by atoms with E-state index in [0.29, 0.717) is 12.5 Å². The lowest BCUT2D eigenvalue weighted by Gasteiger charge is -2.18. The summed E-state index contributed by atoms with van der Waals surface area (Å²) in [5.41, 5.74) is 1.98. The second-order valence-electron chi connectivity index (χ2n) is 5.79. The summed E-state index contributed by atoms with van der Waals surface area (Å²) in [5.74, 6) is 0.730. The fraction of sp³-hybridized carbons (Fsp3) is 0.278. The third-order valence-corrected chi connectivity index (χ3v) is 4.91. The average molecular weight is 360 g/mol. The Kier molecular flexibility index (Phi) is 4.21. The number of amides is 1. The second-order valence-corrected chi connectivity index (χ2v) is 6.65. The Balaban J connectivity index is 1.66. The molecular formula is C18H18BrNO2. The van der Waals surface area contributed by atoms with Gasteiger partial charge in [-0.2, -0.15) is 0 Å². The predicted octanol–water partition coefficient (Wildman–Crippen LogP) is 3.92. The third kappa shape index (κ3) is 3.02. The Morgan fingerprint density at radius 3 is 2.64 bits per heavy atom. The van der Waals surface area contributed by atoms with Crippen LogP contribution in [0.1, 0.15) is 23.5 Å². The molecule has 2 aromatic carbocycles. The fourth-order valence-corrected chi connectivity index (χ4v) is 3.43. The normalized spacial score (nSPS) is 19.7. The second kappa shape index (κ2) is 6.13. The zero-order chi connectivity index (χ0) is 15.7. The van der Waals surface area contributed by atoms with Crippen LogP contribution >= 0.6 is 15.9 Å². The van der Waals surface area contributed by atoms with Crippen LogP contribution in [0.4, 0.5) is 0 Å². The van der Waals surface area contributed by atoms with E-state index in [4.69, 9.17) is 0 Å². The van der Waals surface area contributed by atoms with Crippen LogP contribution in [0.15, 0.2) is 53.0 Å². The van der Waals surface area contributed by atoms with E-state index < -0.39 is 0 Å². The summed E-state index contributed by atoms with van der Waals surface area (Å²) in [7, 11) is 1.80. The molecule has 1 aliphatic carbocycles. The standard InChI is InChI=1S/C18H18BrNO2/c1-20(11-12-6-2-5-9-17(12)21)18(22)15-10-14(15)13-7-3-4-8-16(13)19/h2-9,14-15,21H,10-11H2,1H3/t14-,15-/m0/s1. The lowest BCUT2D eigenvalue weighted by molar-refractivity contribution is -0.131. The van der Waals surface area contributed by atoms with Crippen LogP contribution in [0.3, 0.4) is 0 Å². The van der Waals surface area contributed by atoms with Gasteiger partial charge in [-0.1, -0.05) is 52.3 Å². The maximum Gasteiger partial charge on any atom is 0.226 e. The molecule has 3 nitrogen and oxygen atoms in total. The number of phenolic OH excluding ortho intramolecular Hbond substituents is 1. The summed E-state index contributed by atoms with van der Waals surface area (Å²) in [6.45, 7) is 0.435. The van der Waals surface area contributed by atoms with Crippen molar-refractivity contribution in [1.29, 1.82) is 0 Å². The molecule has 0 heterocycles. The first-order valence-corrected chi connectivity index (χ1v) is 8.13. The number of rotatable bonds is 4. The van der Waals surface area contributed by atoms with Crippen molar-refractivity contribution in [3.05, 3.63) is 64.1 Å². The molecule has 0 aliphatic heterocycles. The zero-order valence-electron chi connectivity index (χ0n) is 12.4. The lowest BCUT2D eigenvalue weighted by atomic mass is 10.1. The van der Waals surface area contributed by atoms with E-state index in [-0.39, 0.29) is 17.6 Å². The smallest absolute Gasteiger partial charge is 0.226 e. The molecule has 4 heteroatoms. The van der Waals surface area contributed by atoms with Crippen molar-refractivity contribution < 1.29 is 9.90 Å². The van der Waals surface area contributed by atoms with Crippen molar-refractivity contribution in [1.82, 2.24) is 4.90 Å². The maximum absolute atomic E-state index is 12.5. The quantitative estimate of drug-likeness (QED) is 0.898. The molecule has 0 aromatic heterocycles. The molecule has 1 fully saturated rings. The largest absolute Gasteiger partial charge is 0.508 e. The van der Waals surface area contributed by atoms with E-state index in [9.17, 15) is 9.90 Å². The van der Waals surface area contributed by atoms with Crippen LogP contribution in [0.2, 0.25) is 0 Å². The Hall–Kier alpha value is -1.81. The number of halogens is 1. The van der Waals surface area contributed by atoms with Crippen LogP contribution in [0.5, 0.6) is 5.75 Å². The van der Waals surface area contributed by atoms with Gasteiger partial charge in [-0.3, -0.25) is 4.79 Å². The van der Waals surface area contributed by atoms with E-state index in [1.165, 1.54) is 5.56 Å². The molecule has 2 atom stereocenters. The summed E-state index contributed by atoms with van der Waals surface area (Å²) in [6.07, 6.45) is 0.895. The Morgan fingerprint density at radius 2 is 1.91 bits per heavy atom. The highest BCUT2D eigenvalue weighted by molar-refractivity contribution is 9.10. The molecule has 0 spiro atoms. The number of hydrogen-bond acceptors (Lipinski definition) is 2. The Labute approximate surface area is 138 Å². The van der Waals surface area contributed by atoms with Crippen LogP contribution < -0.4 is 0 Å². The molecule has 1 saturated carbocycles. The number of benzene rings is 2. The molecule has 0 radical (unpaired) electrons. The molecule has 1 amide bonds. The van der Waals surface area contributed by atoms with Gasteiger partial charge in [-0.05, 0) is 30.0 Å². The van der Waals surface area contributed by atoms with Gasteiger partial charge < -0.3 is 10.0 Å². The number of carbonyl (C=O) groups is 1. The van der Waals surface area contributed by atoms with Gasteiger partial charge in [0.15, 0.2) is 0 Å². The first kappa shape index (κ1) is 15.1.